The smallest absolute Gasteiger partial charge is 0.410 e. The molecule has 0 aliphatic carbocycles. The third kappa shape index (κ3) is 24.7. The predicted octanol–water partition coefficient (Wildman–Crippen LogP) is 18.0. The Hall–Kier alpha value is -7.20. The van der Waals surface area contributed by atoms with Gasteiger partial charge >= 0.3 is 18.2 Å². The van der Waals surface area contributed by atoms with Gasteiger partial charge in [-0.05, 0) is 236 Å². The minimum absolute atomic E-state index is 0.0581. The van der Waals surface area contributed by atoms with E-state index in [4.69, 9.17) is 24.7 Å². The second-order valence-corrected chi connectivity index (χ2v) is 39.4. The summed E-state index contributed by atoms with van der Waals surface area (Å²) in [6, 6.07) is 21.8. The molecule has 0 spiro atoms. The quantitative estimate of drug-likeness (QED) is 0.0567. The molecule has 0 bridgehead atoms. The third-order valence-electron chi connectivity index (χ3n) is 18.0. The standard InChI is InChI=1S/C39H53BrFN5O5S.C28H43N5O4S.C11H12BrFO2/c1-36(2,3)25-17-18-42-31(19-25)30(16-15-24-22-39(10,11)46(23-24)35(48)51-38(7,8)9)43-32-13-12-14-33(44-32)52(49,50)45-34(47)26-20-28(40)27(21-29(26)41)37(4,5)6;1-26(2,3)20-14-15-30-22(16-20)21(31-23-10-9-11-24(32-23)38(29,35)36)13-12-19-17-28(7,8)33(18-19)25(34)37-27(4,5)6;1-11(2,3)7-5-9(13)6(10(14)15)4-8(7)12/h12-14,17-21,24,30H,15-16,22-23H2,1-11H3,(H,43,44)(H,45,47);9-11,14-16,19,21H,12-13,17-18H2,1-8H3,(H,31,32)(H2,29,35,36);4-5H,1-3H3,(H,14,15)/t24-,30?;19-,21?;/m00./s1. The first-order valence-electron chi connectivity index (χ1n) is 35.1. The number of amides is 3. The Balaban J connectivity index is 0.000000283. The van der Waals surface area contributed by atoms with E-state index in [1.165, 1.54) is 42.5 Å². The molecule has 2 aliphatic rings. The van der Waals surface area contributed by atoms with E-state index in [9.17, 15) is 40.4 Å². The van der Waals surface area contributed by atoms with E-state index < -0.39 is 70.8 Å². The van der Waals surface area contributed by atoms with Gasteiger partial charge in [0.15, 0.2) is 10.1 Å². The number of anilines is 2. The van der Waals surface area contributed by atoms with Crippen LogP contribution in [0.1, 0.15) is 257 Å². The topological polar surface area (TPSA) is 295 Å². The second kappa shape index (κ2) is 33.1. The summed E-state index contributed by atoms with van der Waals surface area (Å²) < 4.78 is 93.5. The molecule has 27 heteroatoms. The van der Waals surface area contributed by atoms with Gasteiger partial charge in [-0.2, -0.15) is 8.42 Å². The molecule has 0 radical (unpaired) electrons. The SMILES string of the molecule is CC(C)(C)OC(=O)N1C[C@@H](CCC(Nc2cccc(S(=O)(=O)NC(=O)c3cc(Br)c(C(C)(C)C)cc3F)n2)c2cc(C(C)(C)C)ccn2)CC1(C)C.CC(C)(C)OC(=O)N1C[C@@H](CCC(Nc2cccc(S(N)(=O)=O)n2)c2cc(C(C)(C)C)ccn2)CC1(C)C.CC(C)(C)c1cc(F)c(C(=O)O)cc1Br. The zero-order valence-electron chi connectivity index (χ0n) is 64.8. The number of carboxylic acids is 1. The number of pyridine rings is 4. The first-order valence-corrected chi connectivity index (χ1v) is 39.7. The van der Waals surface area contributed by atoms with Gasteiger partial charge < -0.3 is 35.0 Å². The van der Waals surface area contributed by atoms with Gasteiger partial charge in [-0.25, -0.2) is 51.4 Å². The summed E-state index contributed by atoms with van der Waals surface area (Å²) in [7, 11) is -8.42. The highest BCUT2D eigenvalue weighted by Gasteiger charge is 2.45. The number of carbonyl (C=O) groups excluding carboxylic acids is 3. The van der Waals surface area contributed by atoms with Gasteiger partial charge in [0.1, 0.15) is 34.5 Å². The molecule has 2 saturated heterocycles. The van der Waals surface area contributed by atoms with Crippen LogP contribution in [-0.2, 0) is 51.2 Å². The zero-order valence-corrected chi connectivity index (χ0v) is 69.6. The van der Waals surface area contributed by atoms with Gasteiger partial charge in [0.2, 0.25) is 0 Å². The second-order valence-electron chi connectivity index (χ2n) is 34.6. The van der Waals surface area contributed by atoms with Crippen molar-refractivity contribution >= 4 is 87.6 Å². The van der Waals surface area contributed by atoms with E-state index in [1.54, 1.807) is 29.3 Å². The number of carbonyl (C=O) groups is 4. The lowest BCUT2D eigenvalue weighted by molar-refractivity contribution is 0.0118. The number of likely N-dealkylation sites (tertiary alicyclic amines) is 2. The largest absolute Gasteiger partial charge is 0.478 e. The molecule has 4 atom stereocenters. The number of sulfonamides is 2. The molecular weight excluding hydrogens is 1510 g/mol. The Morgan fingerprint density at radius 1 is 0.571 bits per heavy atom. The first-order chi connectivity index (χ1) is 47.8. The summed E-state index contributed by atoms with van der Waals surface area (Å²) in [5.74, 6) is -2.77. The van der Waals surface area contributed by atoms with Crippen molar-refractivity contribution in [2.24, 2.45) is 17.0 Å². The van der Waals surface area contributed by atoms with Gasteiger partial charge in [0.05, 0.1) is 34.6 Å². The minimum atomic E-state index is -4.49. The average Bonchev–Trinajstić information content (AvgIpc) is 1.50. The number of aromatic carboxylic acids is 1. The molecule has 2 fully saturated rings. The van der Waals surface area contributed by atoms with Crippen LogP contribution in [0.3, 0.4) is 0 Å². The van der Waals surface area contributed by atoms with E-state index in [-0.39, 0.29) is 79.8 Å². The van der Waals surface area contributed by atoms with Crippen LogP contribution in [0.4, 0.5) is 30.0 Å². The number of primary sulfonamides is 1. The van der Waals surface area contributed by atoms with E-state index in [0.717, 1.165) is 53.8 Å². The number of benzene rings is 2. The van der Waals surface area contributed by atoms with Crippen LogP contribution in [0.2, 0.25) is 0 Å². The van der Waals surface area contributed by atoms with Crippen molar-refractivity contribution in [1.82, 2.24) is 34.5 Å². The normalized spacial score (nSPS) is 16.9. The number of hydrogen-bond acceptors (Lipinski definition) is 16. The summed E-state index contributed by atoms with van der Waals surface area (Å²) in [5, 5.41) is 20.2. The monoisotopic (exact) mass is 1620 g/mol. The molecule has 2 aliphatic heterocycles. The average molecular weight is 1620 g/mol. The van der Waals surface area contributed by atoms with E-state index in [2.05, 4.69) is 119 Å². The van der Waals surface area contributed by atoms with Crippen LogP contribution in [0.25, 0.3) is 0 Å². The Labute approximate surface area is 637 Å². The lowest BCUT2D eigenvalue weighted by Gasteiger charge is -2.33. The number of rotatable bonds is 17. The molecule has 3 amide bonds. The summed E-state index contributed by atoms with van der Waals surface area (Å²) in [5.41, 5.74) is 1.83. The van der Waals surface area contributed by atoms with Crippen molar-refractivity contribution in [3.63, 3.8) is 0 Å². The Morgan fingerprint density at radius 2 is 0.943 bits per heavy atom. The molecule has 21 nitrogen and oxygen atoms in total. The maximum atomic E-state index is 15.1. The van der Waals surface area contributed by atoms with Crippen molar-refractivity contribution < 1.29 is 59.4 Å². The van der Waals surface area contributed by atoms with Gasteiger partial charge in [0.25, 0.3) is 26.0 Å². The molecule has 576 valence electrons. The molecule has 8 rings (SSSR count). The highest BCUT2D eigenvalue weighted by atomic mass is 79.9. The zero-order chi connectivity index (χ0) is 79.3. The van der Waals surface area contributed by atoms with Gasteiger partial charge in [0, 0.05) is 45.5 Å². The number of halogens is 4. The summed E-state index contributed by atoms with van der Waals surface area (Å²) in [4.78, 5) is 71.3. The van der Waals surface area contributed by atoms with Crippen molar-refractivity contribution in [2.45, 2.75) is 257 Å². The first kappa shape index (κ1) is 86.7. The van der Waals surface area contributed by atoms with Gasteiger partial charge in [-0.3, -0.25) is 14.8 Å². The van der Waals surface area contributed by atoms with Gasteiger partial charge in [-0.15, -0.1) is 0 Å². The Bertz CT molecular complexity index is 4370. The predicted molar refractivity (Wildman–Crippen MR) is 414 cm³/mol. The van der Waals surface area contributed by atoms with E-state index >= 15 is 4.39 Å². The van der Waals surface area contributed by atoms with Crippen LogP contribution in [0.15, 0.2) is 116 Å². The van der Waals surface area contributed by atoms with Crippen molar-refractivity contribution in [1.29, 1.82) is 0 Å². The van der Waals surface area contributed by atoms with Crippen molar-refractivity contribution in [3.8, 4) is 0 Å². The van der Waals surface area contributed by atoms with Crippen LogP contribution < -0.4 is 20.5 Å². The number of nitrogens with zero attached hydrogens (tertiary/aromatic N) is 6. The maximum Gasteiger partial charge on any atom is 0.410 e. The Morgan fingerprint density at radius 3 is 1.30 bits per heavy atom. The fraction of sp³-hybridized carbons (Fsp3) is 0.538. The highest BCUT2D eigenvalue weighted by Crippen LogP contribution is 2.41. The summed E-state index contributed by atoms with van der Waals surface area (Å²) in [6.07, 6.45) is 7.49. The number of hydrogen-bond donors (Lipinski definition) is 5. The van der Waals surface area contributed by atoms with Crippen LogP contribution in [0, 0.1) is 23.5 Å². The fourth-order valence-corrected chi connectivity index (χ4v) is 15.8. The van der Waals surface area contributed by atoms with Crippen molar-refractivity contribution in [2.75, 3.05) is 23.7 Å². The molecular formula is C78H108Br2F2N10O11S2. The number of nitrogens with one attached hydrogen (secondary N) is 3. The lowest BCUT2D eigenvalue weighted by Crippen LogP contribution is -2.45. The fourth-order valence-electron chi connectivity index (χ4n) is 12.5. The molecule has 4 aromatic heterocycles. The third-order valence-corrected chi connectivity index (χ3v) is 21.3. The van der Waals surface area contributed by atoms with E-state index in [1.807, 2.05) is 131 Å². The molecule has 6 aromatic rings. The number of ether oxygens (including phenoxy) is 2. The van der Waals surface area contributed by atoms with Crippen LogP contribution in [0.5, 0.6) is 0 Å². The van der Waals surface area contributed by atoms with Crippen LogP contribution in [-0.4, -0.2) is 111 Å². The molecule has 2 aromatic carbocycles. The van der Waals surface area contributed by atoms with Crippen molar-refractivity contribution in [3.05, 3.63) is 163 Å². The maximum absolute atomic E-state index is 15.1. The van der Waals surface area contributed by atoms with Gasteiger partial charge in [-0.1, -0.05) is 127 Å². The summed E-state index contributed by atoms with van der Waals surface area (Å²) in [6.45, 7) is 44.9. The summed E-state index contributed by atoms with van der Waals surface area (Å²) >= 11 is 6.65. The number of carboxylic acid groups (broad SMARTS) is 1. The Kier molecular flexibility index (Phi) is 27.3. The number of nitrogens with two attached hydrogens (primary N) is 1. The molecule has 2 unspecified atom stereocenters. The molecule has 105 heavy (non-hydrogen) atoms. The number of aromatic nitrogens is 4. The molecule has 0 saturated carbocycles. The van der Waals surface area contributed by atoms with Crippen LogP contribution >= 0.6 is 31.9 Å². The highest BCUT2D eigenvalue weighted by molar-refractivity contribution is 9.10. The van der Waals surface area contributed by atoms with E-state index in [0.29, 0.717) is 46.3 Å². The minimum Gasteiger partial charge on any atom is -0.478 e. The lowest BCUT2D eigenvalue weighted by atomic mass is 9.86. The molecule has 6 heterocycles. The molecule has 6 N–H and O–H groups in total.